The van der Waals surface area contributed by atoms with E-state index >= 15 is 0 Å². The van der Waals surface area contributed by atoms with Crippen LogP contribution in [0, 0.1) is 0 Å². The quantitative estimate of drug-likeness (QED) is 0.759. The third-order valence-corrected chi connectivity index (χ3v) is 6.16. The van der Waals surface area contributed by atoms with E-state index in [0.717, 1.165) is 4.31 Å². The molecule has 2 aromatic rings. The molecule has 2 rings (SSSR count). The third kappa shape index (κ3) is 4.77. The van der Waals surface area contributed by atoms with Gasteiger partial charge in [0, 0.05) is 25.5 Å². The molecular weight excluding hydrogens is 409 g/mol. The highest BCUT2D eigenvalue weighted by Crippen LogP contribution is 2.27. The van der Waals surface area contributed by atoms with Gasteiger partial charge in [-0.25, -0.2) is 17.5 Å². The van der Waals surface area contributed by atoms with E-state index in [2.05, 4.69) is 10.6 Å². The molecule has 2 amide bonds. The van der Waals surface area contributed by atoms with Crippen LogP contribution in [0.15, 0.2) is 41.3 Å². The second kappa shape index (κ2) is 7.80. The first kappa shape index (κ1) is 19.8. The molecule has 0 aromatic heterocycles. The zero-order valence-corrected chi connectivity index (χ0v) is 16.3. The second-order valence-electron chi connectivity index (χ2n) is 5.14. The van der Waals surface area contributed by atoms with Gasteiger partial charge in [-0.05, 0) is 36.4 Å². The minimum Gasteiger partial charge on any atom is -0.308 e. The molecule has 0 bridgehead atoms. The maximum Gasteiger partial charge on any atom is 0.323 e. The molecule has 0 atom stereocenters. The van der Waals surface area contributed by atoms with Gasteiger partial charge < -0.3 is 10.6 Å². The summed E-state index contributed by atoms with van der Waals surface area (Å²) in [6, 6.07) is 8.22. The van der Waals surface area contributed by atoms with Gasteiger partial charge in [0.1, 0.15) is 4.90 Å². The van der Waals surface area contributed by atoms with Crippen LogP contribution in [0.5, 0.6) is 0 Å². The Hall–Kier alpha value is -1.51. The highest BCUT2D eigenvalue weighted by molar-refractivity contribution is 7.89. The van der Waals surface area contributed by atoms with E-state index in [1.807, 2.05) is 0 Å². The van der Waals surface area contributed by atoms with Crippen molar-refractivity contribution in [1.82, 2.24) is 4.31 Å². The normalized spacial score (nSPS) is 11.4. The van der Waals surface area contributed by atoms with Gasteiger partial charge in [0.15, 0.2) is 0 Å². The van der Waals surface area contributed by atoms with Crippen molar-refractivity contribution in [3.05, 3.63) is 51.5 Å². The number of urea groups is 1. The molecule has 0 aliphatic carbocycles. The number of carbonyl (C=O) groups is 1. The summed E-state index contributed by atoms with van der Waals surface area (Å²) in [5.41, 5.74) is 0.699. The Bertz CT molecular complexity index is 917. The van der Waals surface area contributed by atoms with E-state index in [1.165, 1.54) is 38.4 Å². The minimum absolute atomic E-state index is 0.0594. The Labute approximate surface area is 160 Å². The number of nitrogens with zero attached hydrogens (tertiary/aromatic N) is 1. The number of carbonyl (C=O) groups excluding carboxylic acids is 1. The van der Waals surface area contributed by atoms with E-state index in [-0.39, 0.29) is 15.6 Å². The molecule has 134 valence electrons. The van der Waals surface area contributed by atoms with Crippen LogP contribution in [0.1, 0.15) is 0 Å². The fraction of sp³-hybridized carbons (Fsp3) is 0.133. The van der Waals surface area contributed by atoms with Crippen LogP contribution in [0.3, 0.4) is 0 Å². The van der Waals surface area contributed by atoms with Gasteiger partial charge in [-0.15, -0.1) is 0 Å². The van der Waals surface area contributed by atoms with Crippen molar-refractivity contribution in [3.8, 4) is 0 Å². The summed E-state index contributed by atoms with van der Waals surface area (Å²) in [5, 5.41) is 5.82. The molecule has 0 aliphatic rings. The van der Waals surface area contributed by atoms with Gasteiger partial charge in [-0.2, -0.15) is 0 Å². The molecule has 0 unspecified atom stereocenters. The predicted molar refractivity (Wildman–Crippen MR) is 101 cm³/mol. The van der Waals surface area contributed by atoms with Crippen LogP contribution in [0.4, 0.5) is 16.2 Å². The van der Waals surface area contributed by atoms with Crippen molar-refractivity contribution in [2.24, 2.45) is 0 Å². The molecular formula is C15H14Cl3N3O3S. The van der Waals surface area contributed by atoms with E-state index in [9.17, 15) is 13.2 Å². The Morgan fingerprint density at radius 3 is 1.92 bits per heavy atom. The zero-order valence-electron chi connectivity index (χ0n) is 13.2. The molecule has 0 aliphatic heterocycles. The maximum absolute atomic E-state index is 12.2. The fourth-order valence-electron chi connectivity index (χ4n) is 1.84. The molecule has 0 radical (unpaired) electrons. The van der Waals surface area contributed by atoms with Crippen molar-refractivity contribution in [1.29, 1.82) is 0 Å². The Morgan fingerprint density at radius 1 is 0.880 bits per heavy atom. The molecule has 10 heteroatoms. The summed E-state index contributed by atoms with van der Waals surface area (Å²) >= 11 is 17.7. The molecule has 6 nitrogen and oxygen atoms in total. The molecule has 25 heavy (non-hydrogen) atoms. The number of halogens is 3. The van der Waals surface area contributed by atoms with Gasteiger partial charge in [0.25, 0.3) is 0 Å². The molecule has 2 aromatic carbocycles. The summed E-state index contributed by atoms with van der Waals surface area (Å²) in [6.07, 6.45) is 0. The number of nitrogens with one attached hydrogen (secondary N) is 2. The summed E-state index contributed by atoms with van der Waals surface area (Å²) in [6.45, 7) is 0. The smallest absolute Gasteiger partial charge is 0.308 e. The van der Waals surface area contributed by atoms with Crippen LogP contribution in [-0.2, 0) is 10.0 Å². The van der Waals surface area contributed by atoms with Crippen molar-refractivity contribution in [3.63, 3.8) is 0 Å². The van der Waals surface area contributed by atoms with Crippen LogP contribution < -0.4 is 10.6 Å². The van der Waals surface area contributed by atoms with Crippen LogP contribution in [0.2, 0.25) is 15.1 Å². The topological polar surface area (TPSA) is 78.5 Å². The van der Waals surface area contributed by atoms with Crippen molar-refractivity contribution in [2.45, 2.75) is 4.90 Å². The number of benzene rings is 2. The highest BCUT2D eigenvalue weighted by atomic mass is 35.5. The number of anilines is 2. The number of amides is 2. The summed E-state index contributed by atoms with van der Waals surface area (Å²) < 4.78 is 25.5. The fourth-order valence-corrected chi connectivity index (χ4v) is 3.53. The Balaban J connectivity index is 2.20. The third-order valence-electron chi connectivity index (χ3n) is 3.13. The van der Waals surface area contributed by atoms with E-state index < -0.39 is 16.1 Å². The molecule has 0 spiro atoms. The molecule has 0 saturated carbocycles. The highest BCUT2D eigenvalue weighted by Gasteiger charge is 2.21. The molecule has 2 N–H and O–H groups in total. The SMILES string of the molecule is CN(C)S(=O)(=O)c1cc(NC(=O)Nc2ccc(Cl)c(Cl)c2)ccc1Cl. The van der Waals surface area contributed by atoms with Crippen LogP contribution in [0.25, 0.3) is 0 Å². The van der Waals surface area contributed by atoms with Gasteiger partial charge in [-0.1, -0.05) is 34.8 Å². The first-order valence-corrected chi connectivity index (χ1v) is 9.44. The summed E-state index contributed by atoms with van der Waals surface area (Å²) in [4.78, 5) is 12.0. The lowest BCUT2D eigenvalue weighted by atomic mass is 10.3. The summed E-state index contributed by atoms with van der Waals surface area (Å²) in [7, 11) is -0.954. The van der Waals surface area contributed by atoms with Crippen molar-refractivity contribution in [2.75, 3.05) is 24.7 Å². The monoisotopic (exact) mass is 421 g/mol. The van der Waals surface area contributed by atoms with Crippen molar-refractivity contribution >= 4 is 62.2 Å². The Kier molecular flexibility index (Phi) is 6.18. The average Bonchev–Trinajstić information content (AvgIpc) is 2.52. The Morgan fingerprint density at radius 2 is 1.40 bits per heavy atom. The second-order valence-corrected chi connectivity index (χ2v) is 8.48. The van der Waals surface area contributed by atoms with Gasteiger partial charge in [0.05, 0.1) is 15.1 Å². The number of hydrogen-bond acceptors (Lipinski definition) is 3. The first-order chi connectivity index (χ1) is 11.6. The van der Waals surface area contributed by atoms with Gasteiger partial charge in [-0.3, -0.25) is 0 Å². The average molecular weight is 423 g/mol. The van der Waals surface area contributed by atoms with Crippen molar-refractivity contribution < 1.29 is 13.2 Å². The number of hydrogen-bond donors (Lipinski definition) is 2. The van der Waals surface area contributed by atoms with E-state index in [1.54, 1.807) is 12.1 Å². The number of sulfonamides is 1. The standard InChI is InChI=1S/C15H14Cl3N3O3S/c1-21(2)25(23,24)14-8-10(4-6-12(14)17)20-15(22)19-9-3-5-11(16)13(18)7-9/h3-8H,1-2H3,(H2,19,20,22). The maximum atomic E-state index is 12.2. The number of rotatable bonds is 4. The summed E-state index contributed by atoms with van der Waals surface area (Å²) in [5.74, 6) is 0. The molecule has 0 heterocycles. The first-order valence-electron chi connectivity index (χ1n) is 6.86. The lowest BCUT2D eigenvalue weighted by Gasteiger charge is -2.14. The molecule has 0 saturated heterocycles. The van der Waals surface area contributed by atoms with Crippen LogP contribution >= 0.6 is 34.8 Å². The van der Waals surface area contributed by atoms with Gasteiger partial charge >= 0.3 is 6.03 Å². The predicted octanol–water partition coefficient (Wildman–Crippen LogP) is 4.54. The lowest BCUT2D eigenvalue weighted by Crippen LogP contribution is -2.23. The van der Waals surface area contributed by atoms with E-state index in [4.69, 9.17) is 34.8 Å². The molecule has 0 fully saturated rings. The lowest BCUT2D eigenvalue weighted by molar-refractivity contribution is 0.262. The van der Waals surface area contributed by atoms with Crippen LogP contribution in [-0.4, -0.2) is 32.8 Å². The zero-order chi connectivity index (χ0) is 18.8. The minimum atomic E-state index is -3.74. The van der Waals surface area contributed by atoms with E-state index in [0.29, 0.717) is 15.7 Å². The van der Waals surface area contributed by atoms with Gasteiger partial charge in [0.2, 0.25) is 10.0 Å². The largest absolute Gasteiger partial charge is 0.323 e.